The highest BCUT2D eigenvalue weighted by Gasteiger charge is 2.31. The molecule has 1 aromatic carbocycles. The average Bonchev–Trinajstić information content (AvgIpc) is 3.41. The highest BCUT2D eigenvalue weighted by molar-refractivity contribution is 5.95. The van der Waals surface area contributed by atoms with E-state index in [1.807, 2.05) is 12.4 Å². The number of hydrogen-bond acceptors (Lipinski definition) is 8. The molecule has 4 aromatic rings. The number of benzene rings is 1. The number of anilines is 2. The highest BCUT2D eigenvalue weighted by atomic mass is 19.1. The van der Waals surface area contributed by atoms with Gasteiger partial charge in [0.15, 0.2) is 11.5 Å². The molecule has 1 saturated heterocycles. The van der Waals surface area contributed by atoms with Crippen LogP contribution in [-0.4, -0.2) is 59.8 Å². The minimum Gasteiger partial charge on any atom is -0.494 e. The fourth-order valence-electron chi connectivity index (χ4n) is 4.67. The Hall–Kier alpha value is -3.47. The van der Waals surface area contributed by atoms with Crippen LogP contribution in [0.5, 0.6) is 5.75 Å². The molecule has 1 fully saturated rings. The third kappa shape index (κ3) is 4.00. The molecule has 3 aromatic heterocycles. The van der Waals surface area contributed by atoms with Crippen molar-refractivity contribution in [2.24, 2.45) is 0 Å². The molecule has 0 bridgehead atoms. The number of fused-ring (bicyclic) bond motifs is 3. The molecular formula is C23H29FN8O2. The summed E-state index contributed by atoms with van der Waals surface area (Å²) in [6.07, 6.45) is 5.65. The summed E-state index contributed by atoms with van der Waals surface area (Å²) in [5, 5.41) is 19.7. The first-order valence-corrected chi connectivity index (χ1v) is 11.3. The van der Waals surface area contributed by atoms with Gasteiger partial charge in [-0.05, 0) is 39.7 Å². The number of nitrogens with zero attached hydrogens (tertiary/aromatic N) is 7. The SMILES string of the molecule is COc1cc(F)cc2c1nc(N)n1nc([C@@H]3CC[C@H](C)N(c4cnn(CC(C)(C)O)c4)C3)nc21. The Kier molecular flexibility index (Phi) is 5.31. The van der Waals surface area contributed by atoms with E-state index >= 15 is 0 Å². The molecule has 5 rings (SSSR count). The third-order valence-corrected chi connectivity index (χ3v) is 6.31. The number of halogens is 1. The lowest BCUT2D eigenvalue weighted by Gasteiger charge is -2.37. The largest absolute Gasteiger partial charge is 0.494 e. The maximum absolute atomic E-state index is 14.2. The second kappa shape index (κ2) is 8.08. The van der Waals surface area contributed by atoms with Gasteiger partial charge >= 0.3 is 0 Å². The first-order valence-electron chi connectivity index (χ1n) is 11.3. The van der Waals surface area contributed by atoms with E-state index in [1.165, 1.54) is 23.8 Å². The molecule has 3 N–H and O–H groups in total. The Balaban J connectivity index is 1.49. The van der Waals surface area contributed by atoms with Crippen LogP contribution in [0.2, 0.25) is 0 Å². The Morgan fingerprint density at radius 2 is 2.06 bits per heavy atom. The van der Waals surface area contributed by atoms with Crippen molar-refractivity contribution in [1.29, 1.82) is 0 Å². The van der Waals surface area contributed by atoms with Crippen molar-refractivity contribution in [3.8, 4) is 5.75 Å². The molecule has 0 radical (unpaired) electrons. The van der Waals surface area contributed by atoms with Gasteiger partial charge in [-0.2, -0.15) is 9.61 Å². The molecule has 0 aliphatic carbocycles. The van der Waals surface area contributed by atoms with Gasteiger partial charge in [-0.1, -0.05) is 0 Å². The lowest BCUT2D eigenvalue weighted by molar-refractivity contribution is 0.0577. The van der Waals surface area contributed by atoms with Crippen molar-refractivity contribution in [3.63, 3.8) is 0 Å². The smallest absolute Gasteiger partial charge is 0.223 e. The van der Waals surface area contributed by atoms with E-state index in [9.17, 15) is 9.50 Å². The number of nitrogens with two attached hydrogens (primary N) is 1. The molecule has 4 heterocycles. The summed E-state index contributed by atoms with van der Waals surface area (Å²) in [6.45, 7) is 6.82. The summed E-state index contributed by atoms with van der Waals surface area (Å²) in [5.74, 6) is 0.723. The zero-order valence-electron chi connectivity index (χ0n) is 19.7. The van der Waals surface area contributed by atoms with Crippen molar-refractivity contribution in [2.45, 2.75) is 57.7 Å². The van der Waals surface area contributed by atoms with Crippen LogP contribution in [0.15, 0.2) is 24.5 Å². The van der Waals surface area contributed by atoms with Gasteiger partial charge < -0.3 is 20.5 Å². The summed E-state index contributed by atoms with van der Waals surface area (Å²) in [7, 11) is 1.47. The van der Waals surface area contributed by atoms with E-state index in [2.05, 4.69) is 27.0 Å². The van der Waals surface area contributed by atoms with Crippen LogP contribution in [0, 0.1) is 5.82 Å². The number of nitrogen functional groups attached to an aromatic ring is 1. The van der Waals surface area contributed by atoms with Gasteiger partial charge in [0.1, 0.15) is 17.1 Å². The fraction of sp³-hybridized carbons (Fsp3) is 0.478. The molecule has 2 atom stereocenters. The van der Waals surface area contributed by atoms with Crippen LogP contribution in [0.25, 0.3) is 16.6 Å². The fourth-order valence-corrected chi connectivity index (χ4v) is 4.67. The number of ether oxygens (including phenoxy) is 1. The van der Waals surface area contributed by atoms with Crippen molar-refractivity contribution in [3.05, 3.63) is 36.2 Å². The molecule has 0 spiro atoms. The third-order valence-electron chi connectivity index (χ3n) is 6.31. The number of aliphatic hydroxyl groups is 1. The predicted octanol–water partition coefficient (Wildman–Crippen LogP) is 2.75. The summed E-state index contributed by atoms with van der Waals surface area (Å²) < 4.78 is 22.8. The van der Waals surface area contributed by atoms with Crippen LogP contribution in [0.3, 0.4) is 0 Å². The summed E-state index contributed by atoms with van der Waals surface area (Å²) >= 11 is 0. The number of rotatable bonds is 5. The van der Waals surface area contributed by atoms with Gasteiger partial charge in [-0.25, -0.2) is 14.4 Å². The monoisotopic (exact) mass is 468 g/mol. The maximum Gasteiger partial charge on any atom is 0.223 e. The van der Waals surface area contributed by atoms with Crippen LogP contribution in [0.1, 0.15) is 45.4 Å². The van der Waals surface area contributed by atoms with E-state index in [-0.39, 0.29) is 11.9 Å². The molecular weight excluding hydrogens is 439 g/mol. The summed E-state index contributed by atoms with van der Waals surface area (Å²) in [4.78, 5) is 11.5. The normalized spacial score (nSPS) is 19.3. The van der Waals surface area contributed by atoms with Crippen LogP contribution in [-0.2, 0) is 6.54 Å². The first kappa shape index (κ1) is 22.3. The molecule has 180 valence electrons. The standard InChI is InChI=1S/C23H29FN8O2/c1-13-5-6-14(10-31(13)16-9-26-30(11-16)12-23(2,3)33)20-28-21-17-7-15(24)8-18(34-4)19(17)27-22(25)32(21)29-20/h7-9,11,13-14,33H,5-6,10,12H2,1-4H3,(H2,25,27)/t13-,14+/m0/s1. The van der Waals surface area contributed by atoms with Crippen LogP contribution < -0.4 is 15.4 Å². The van der Waals surface area contributed by atoms with E-state index in [0.717, 1.165) is 18.5 Å². The number of piperidine rings is 1. The minimum absolute atomic E-state index is 0.0543. The highest BCUT2D eigenvalue weighted by Crippen LogP contribution is 2.34. The lowest BCUT2D eigenvalue weighted by atomic mass is 9.92. The Labute approximate surface area is 196 Å². The van der Waals surface area contributed by atoms with E-state index in [1.54, 1.807) is 18.5 Å². The number of hydrogen-bond donors (Lipinski definition) is 2. The lowest BCUT2D eigenvalue weighted by Crippen LogP contribution is -2.41. The molecule has 11 heteroatoms. The Bertz CT molecular complexity index is 1360. The molecule has 0 saturated carbocycles. The number of methoxy groups -OCH3 is 1. The average molecular weight is 469 g/mol. The van der Waals surface area contributed by atoms with Crippen molar-refractivity contribution < 1.29 is 14.2 Å². The topological polar surface area (TPSA) is 120 Å². The molecule has 1 aliphatic heterocycles. The summed E-state index contributed by atoms with van der Waals surface area (Å²) in [5.41, 5.74) is 7.23. The summed E-state index contributed by atoms with van der Waals surface area (Å²) in [6, 6.07) is 2.98. The van der Waals surface area contributed by atoms with E-state index in [4.69, 9.17) is 15.5 Å². The Morgan fingerprint density at radius 1 is 1.26 bits per heavy atom. The zero-order chi connectivity index (χ0) is 24.2. The second-order valence-corrected chi connectivity index (χ2v) is 9.66. The van der Waals surface area contributed by atoms with Crippen LogP contribution >= 0.6 is 0 Å². The molecule has 34 heavy (non-hydrogen) atoms. The maximum atomic E-state index is 14.2. The van der Waals surface area contributed by atoms with Gasteiger partial charge in [-0.15, -0.1) is 5.10 Å². The van der Waals surface area contributed by atoms with Gasteiger partial charge in [0.25, 0.3) is 0 Å². The second-order valence-electron chi connectivity index (χ2n) is 9.66. The molecule has 0 unspecified atom stereocenters. The Morgan fingerprint density at radius 3 is 2.79 bits per heavy atom. The van der Waals surface area contributed by atoms with Crippen molar-refractivity contribution in [2.75, 3.05) is 24.3 Å². The van der Waals surface area contributed by atoms with Gasteiger partial charge in [-0.3, -0.25) is 4.68 Å². The van der Waals surface area contributed by atoms with Gasteiger partial charge in [0.2, 0.25) is 5.95 Å². The first-order chi connectivity index (χ1) is 16.1. The van der Waals surface area contributed by atoms with Gasteiger partial charge in [0, 0.05) is 30.8 Å². The van der Waals surface area contributed by atoms with Crippen molar-refractivity contribution in [1.82, 2.24) is 29.4 Å². The quantitative estimate of drug-likeness (QED) is 0.459. The van der Waals surface area contributed by atoms with Crippen molar-refractivity contribution >= 4 is 28.2 Å². The van der Waals surface area contributed by atoms with Crippen LogP contribution in [0.4, 0.5) is 16.0 Å². The number of aromatic nitrogens is 6. The zero-order valence-corrected chi connectivity index (χ0v) is 19.7. The molecule has 1 aliphatic rings. The van der Waals surface area contributed by atoms with E-state index in [0.29, 0.717) is 47.3 Å². The predicted molar refractivity (Wildman–Crippen MR) is 127 cm³/mol. The minimum atomic E-state index is -0.849. The molecule has 10 nitrogen and oxygen atoms in total. The molecule has 0 amide bonds. The van der Waals surface area contributed by atoms with Gasteiger partial charge in [0.05, 0.1) is 36.5 Å². The van der Waals surface area contributed by atoms with E-state index < -0.39 is 11.4 Å².